The number of allylic oxidation sites excluding steroid dienone is 1. The van der Waals surface area contributed by atoms with E-state index < -0.39 is 0 Å². The lowest BCUT2D eigenvalue weighted by Gasteiger charge is -2.42. The van der Waals surface area contributed by atoms with Crippen molar-refractivity contribution in [1.82, 2.24) is 9.80 Å². The molecule has 0 aromatic heterocycles. The van der Waals surface area contributed by atoms with E-state index in [-0.39, 0.29) is 11.9 Å². The second-order valence-corrected chi connectivity index (χ2v) is 4.21. The second kappa shape index (κ2) is 4.03. The number of carbonyl (C=O) groups excluding carboxylic acids is 1. The summed E-state index contributed by atoms with van der Waals surface area (Å²) in [6.45, 7) is 9.06. The number of hydrogen-bond donors (Lipinski definition) is 0. The zero-order chi connectivity index (χ0) is 10.9. The van der Waals surface area contributed by atoms with Crippen LogP contribution in [0.5, 0.6) is 0 Å². The lowest BCUT2D eigenvalue weighted by atomic mass is 10.1. The molecule has 0 aromatic carbocycles. The lowest BCUT2D eigenvalue weighted by molar-refractivity contribution is -0.136. The third kappa shape index (κ3) is 1.76. The van der Waals surface area contributed by atoms with E-state index in [1.807, 2.05) is 29.8 Å². The Hall–Kier alpha value is -0.990. The smallest absolute Gasteiger partial charge is 0.270 e. The average molecular weight is 196 g/mol. The fourth-order valence-corrected chi connectivity index (χ4v) is 2.17. The van der Waals surface area contributed by atoms with Crippen molar-refractivity contribution < 1.29 is 4.79 Å². The van der Waals surface area contributed by atoms with Crippen molar-refractivity contribution in [2.75, 3.05) is 13.6 Å². The van der Waals surface area contributed by atoms with Crippen LogP contribution >= 0.6 is 0 Å². The van der Waals surface area contributed by atoms with Gasteiger partial charge in [-0.1, -0.05) is 6.08 Å². The van der Waals surface area contributed by atoms with Gasteiger partial charge < -0.3 is 9.80 Å². The van der Waals surface area contributed by atoms with E-state index in [9.17, 15) is 4.79 Å². The molecular formula is C11H20N2O. The number of nitrogens with zero attached hydrogens (tertiary/aromatic N) is 2. The van der Waals surface area contributed by atoms with Crippen LogP contribution in [0.3, 0.4) is 0 Å². The molecule has 1 fully saturated rings. The van der Waals surface area contributed by atoms with Gasteiger partial charge in [0.1, 0.15) is 0 Å². The molecule has 1 unspecified atom stereocenters. The van der Waals surface area contributed by atoms with Crippen LogP contribution in [-0.2, 0) is 4.79 Å². The summed E-state index contributed by atoms with van der Waals surface area (Å²) in [5, 5.41) is 0. The zero-order valence-corrected chi connectivity index (χ0v) is 9.74. The van der Waals surface area contributed by atoms with Crippen molar-refractivity contribution in [3.05, 3.63) is 11.8 Å². The molecule has 1 rings (SSSR count). The van der Waals surface area contributed by atoms with E-state index >= 15 is 0 Å². The first-order valence-electron chi connectivity index (χ1n) is 5.19. The molecule has 1 heterocycles. The lowest BCUT2D eigenvalue weighted by Crippen LogP contribution is -2.55. The highest BCUT2D eigenvalue weighted by molar-refractivity contribution is 5.94. The number of likely N-dealkylation sites (N-methyl/N-ethyl adjacent to an activating group) is 1. The first-order chi connectivity index (χ1) is 6.49. The van der Waals surface area contributed by atoms with Gasteiger partial charge in [0.15, 0.2) is 0 Å². The Morgan fingerprint density at radius 2 is 2.07 bits per heavy atom. The van der Waals surface area contributed by atoms with Crippen LogP contribution in [0.2, 0.25) is 0 Å². The molecule has 1 atom stereocenters. The molecule has 0 N–H and O–H groups in total. The van der Waals surface area contributed by atoms with Crippen LogP contribution in [0, 0.1) is 0 Å². The summed E-state index contributed by atoms with van der Waals surface area (Å²) in [6.07, 6.45) is 1.89. The number of hydrogen-bond acceptors (Lipinski definition) is 2. The van der Waals surface area contributed by atoms with E-state index in [0.29, 0.717) is 6.04 Å². The molecule has 0 radical (unpaired) electrons. The summed E-state index contributed by atoms with van der Waals surface area (Å²) in [5.74, 6) is 0.156. The predicted molar refractivity (Wildman–Crippen MR) is 57.8 cm³/mol. The Kier molecular flexibility index (Phi) is 3.19. The summed E-state index contributed by atoms with van der Waals surface area (Å²) in [7, 11) is 1.97. The summed E-state index contributed by atoms with van der Waals surface area (Å²) in [6, 6.07) is 0.581. The predicted octanol–water partition coefficient (Wildman–Crippen LogP) is 1.46. The monoisotopic (exact) mass is 196 g/mol. The van der Waals surface area contributed by atoms with Gasteiger partial charge in [-0.15, -0.1) is 0 Å². The van der Waals surface area contributed by atoms with Gasteiger partial charge in [0.2, 0.25) is 0 Å². The molecule has 14 heavy (non-hydrogen) atoms. The second-order valence-electron chi connectivity index (χ2n) is 4.21. The molecule has 0 spiro atoms. The fourth-order valence-electron chi connectivity index (χ4n) is 2.17. The van der Waals surface area contributed by atoms with Gasteiger partial charge in [0.05, 0.1) is 5.70 Å². The summed E-state index contributed by atoms with van der Waals surface area (Å²) >= 11 is 0. The molecule has 1 amide bonds. The summed E-state index contributed by atoms with van der Waals surface area (Å²) < 4.78 is 0. The minimum Gasteiger partial charge on any atom is -0.368 e. The van der Waals surface area contributed by atoms with Gasteiger partial charge in [-0.2, -0.15) is 0 Å². The molecule has 1 saturated heterocycles. The molecule has 0 aliphatic carbocycles. The van der Waals surface area contributed by atoms with Crippen LogP contribution in [-0.4, -0.2) is 41.4 Å². The topological polar surface area (TPSA) is 23.6 Å². The highest BCUT2D eigenvalue weighted by Crippen LogP contribution is 2.20. The van der Waals surface area contributed by atoms with Crippen molar-refractivity contribution in [3.8, 4) is 0 Å². The van der Waals surface area contributed by atoms with E-state index in [2.05, 4.69) is 20.8 Å². The van der Waals surface area contributed by atoms with Crippen LogP contribution < -0.4 is 0 Å². The van der Waals surface area contributed by atoms with Crippen LogP contribution in [0.4, 0.5) is 0 Å². The maximum absolute atomic E-state index is 12.0. The van der Waals surface area contributed by atoms with Gasteiger partial charge in [-0.3, -0.25) is 4.79 Å². The van der Waals surface area contributed by atoms with Crippen LogP contribution in [0.1, 0.15) is 27.7 Å². The van der Waals surface area contributed by atoms with Gasteiger partial charge >= 0.3 is 0 Å². The minimum atomic E-state index is 0.156. The van der Waals surface area contributed by atoms with E-state index in [0.717, 1.165) is 12.2 Å². The fraction of sp³-hybridized carbons (Fsp3) is 0.727. The van der Waals surface area contributed by atoms with Crippen molar-refractivity contribution >= 4 is 5.91 Å². The normalized spacial score (nSPS) is 26.6. The molecule has 0 aromatic rings. The summed E-state index contributed by atoms with van der Waals surface area (Å²) in [5.41, 5.74) is 0.816. The molecule has 1 aliphatic heterocycles. The van der Waals surface area contributed by atoms with Gasteiger partial charge in [0.25, 0.3) is 5.91 Å². The first kappa shape index (κ1) is 11.1. The van der Waals surface area contributed by atoms with Crippen molar-refractivity contribution in [3.63, 3.8) is 0 Å². The first-order valence-corrected chi connectivity index (χ1v) is 5.19. The Balaban J connectivity index is 2.94. The quantitative estimate of drug-likeness (QED) is 0.593. The molecule has 3 heteroatoms. The Bertz CT molecular complexity index is 258. The molecule has 3 nitrogen and oxygen atoms in total. The van der Waals surface area contributed by atoms with E-state index in [4.69, 9.17) is 0 Å². The highest BCUT2D eigenvalue weighted by Gasteiger charge is 2.32. The van der Waals surface area contributed by atoms with Crippen molar-refractivity contribution in [2.45, 2.75) is 39.8 Å². The van der Waals surface area contributed by atoms with Crippen LogP contribution in [0.25, 0.3) is 0 Å². The van der Waals surface area contributed by atoms with Gasteiger partial charge in [-0.25, -0.2) is 0 Å². The molecule has 80 valence electrons. The number of carbonyl (C=O) groups is 1. The molecule has 0 saturated carbocycles. The SMILES string of the molecule is C/C=C1/C(=O)N(C(C)C)C(C)CN1C. The number of piperazine rings is 1. The van der Waals surface area contributed by atoms with Crippen molar-refractivity contribution in [2.24, 2.45) is 0 Å². The van der Waals surface area contributed by atoms with E-state index in [1.165, 1.54) is 0 Å². The van der Waals surface area contributed by atoms with E-state index in [1.54, 1.807) is 0 Å². The maximum Gasteiger partial charge on any atom is 0.270 e. The molecular weight excluding hydrogens is 176 g/mol. The van der Waals surface area contributed by atoms with Crippen molar-refractivity contribution in [1.29, 1.82) is 0 Å². The number of rotatable bonds is 1. The number of amides is 1. The Labute approximate surface area is 86.4 Å². The third-order valence-electron chi connectivity index (χ3n) is 2.71. The Morgan fingerprint density at radius 1 is 1.50 bits per heavy atom. The standard InChI is InChI=1S/C11H20N2O/c1-6-10-11(14)13(8(2)3)9(4)7-12(10)5/h6,8-9H,7H2,1-5H3/b10-6-. The average Bonchev–Trinajstić information content (AvgIpc) is 2.02. The zero-order valence-electron chi connectivity index (χ0n) is 9.74. The summed E-state index contributed by atoms with van der Waals surface area (Å²) in [4.78, 5) is 16.0. The highest BCUT2D eigenvalue weighted by atomic mass is 16.2. The molecule has 0 bridgehead atoms. The van der Waals surface area contributed by atoms with Gasteiger partial charge in [-0.05, 0) is 27.7 Å². The Morgan fingerprint density at radius 3 is 2.50 bits per heavy atom. The van der Waals surface area contributed by atoms with Crippen LogP contribution in [0.15, 0.2) is 11.8 Å². The minimum absolute atomic E-state index is 0.156. The maximum atomic E-state index is 12.0. The molecule has 1 aliphatic rings. The largest absolute Gasteiger partial charge is 0.368 e. The third-order valence-corrected chi connectivity index (χ3v) is 2.71. The van der Waals surface area contributed by atoms with Gasteiger partial charge in [0, 0.05) is 25.7 Å².